The van der Waals surface area contributed by atoms with E-state index in [9.17, 15) is 4.79 Å². The summed E-state index contributed by atoms with van der Waals surface area (Å²) in [4.78, 5) is 12.1. The molecule has 1 unspecified atom stereocenters. The topological polar surface area (TPSA) is 56.2 Å². The number of rotatable bonds is 3. The van der Waals surface area contributed by atoms with Crippen LogP contribution in [0.3, 0.4) is 0 Å². The normalized spacial score (nSPS) is 14.8. The van der Waals surface area contributed by atoms with Gasteiger partial charge in [-0.3, -0.25) is 4.79 Å². The summed E-state index contributed by atoms with van der Waals surface area (Å²) >= 11 is 5.87. The molecule has 0 saturated heterocycles. The third-order valence-electron chi connectivity index (χ3n) is 2.96. The van der Waals surface area contributed by atoms with Gasteiger partial charge in [0.1, 0.15) is 5.58 Å². The first kappa shape index (κ1) is 12.1. The fourth-order valence-corrected chi connectivity index (χ4v) is 1.75. The molecule has 90 valence electrons. The van der Waals surface area contributed by atoms with Gasteiger partial charge in [0.25, 0.3) is 0 Å². The predicted molar refractivity (Wildman–Crippen MR) is 68.4 cm³/mol. The van der Waals surface area contributed by atoms with Crippen molar-refractivity contribution in [2.45, 2.75) is 25.8 Å². The first-order valence-corrected chi connectivity index (χ1v) is 5.84. The molecule has 17 heavy (non-hydrogen) atoms. The zero-order chi connectivity index (χ0) is 12.6. The lowest BCUT2D eigenvalue weighted by atomic mass is 9.93. The molecular formula is C13H14ClNO2. The summed E-state index contributed by atoms with van der Waals surface area (Å²) in [5, 5.41) is 1.43. The second kappa shape index (κ2) is 4.17. The molecule has 1 atom stereocenters. The third-order valence-corrected chi connectivity index (χ3v) is 3.19. The molecule has 3 nitrogen and oxygen atoms in total. The van der Waals surface area contributed by atoms with E-state index >= 15 is 0 Å². The number of nitrogens with two attached hydrogens (primary N) is 1. The molecule has 0 amide bonds. The minimum atomic E-state index is -0.891. The van der Waals surface area contributed by atoms with Gasteiger partial charge in [-0.25, -0.2) is 0 Å². The fourth-order valence-electron chi connectivity index (χ4n) is 1.57. The number of benzene rings is 1. The number of hydrogen-bond acceptors (Lipinski definition) is 3. The number of carbonyl (C=O) groups is 1. The van der Waals surface area contributed by atoms with Gasteiger partial charge in [-0.15, -0.1) is 0 Å². The highest BCUT2D eigenvalue weighted by Gasteiger charge is 2.29. The Morgan fingerprint density at radius 3 is 2.82 bits per heavy atom. The summed E-state index contributed by atoms with van der Waals surface area (Å²) in [5.74, 6) is 0.0986. The van der Waals surface area contributed by atoms with Crippen LogP contribution in [0.15, 0.2) is 28.7 Å². The van der Waals surface area contributed by atoms with E-state index in [0.29, 0.717) is 17.0 Å². The van der Waals surface area contributed by atoms with Crippen LogP contribution in [0.1, 0.15) is 30.8 Å². The largest absolute Gasteiger partial charge is 0.453 e. The van der Waals surface area contributed by atoms with E-state index in [0.717, 1.165) is 5.39 Å². The van der Waals surface area contributed by atoms with Crippen LogP contribution in [0.25, 0.3) is 11.0 Å². The van der Waals surface area contributed by atoms with Crippen LogP contribution in [-0.4, -0.2) is 11.3 Å². The second-order valence-electron chi connectivity index (χ2n) is 4.39. The lowest BCUT2D eigenvalue weighted by Crippen LogP contribution is -2.44. The van der Waals surface area contributed by atoms with Gasteiger partial charge in [0.2, 0.25) is 5.78 Å². The van der Waals surface area contributed by atoms with E-state index < -0.39 is 5.54 Å². The predicted octanol–water partition coefficient (Wildman–Crippen LogP) is 3.40. The van der Waals surface area contributed by atoms with E-state index in [-0.39, 0.29) is 11.5 Å². The Bertz CT molecular complexity index is 572. The molecule has 0 aliphatic heterocycles. The van der Waals surface area contributed by atoms with Gasteiger partial charge in [0.05, 0.1) is 5.54 Å². The maximum Gasteiger partial charge on any atom is 0.217 e. The zero-order valence-corrected chi connectivity index (χ0v) is 10.5. The molecule has 0 radical (unpaired) electrons. The van der Waals surface area contributed by atoms with E-state index in [1.54, 1.807) is 31.2 Å². The van der Waals surface area contributed by atoms with Crippen molar-refractivity contribution in [2.24, 2.45) is 5.73 Å². The van der Waals surface area contributed by atoms with Crippen LogP contribution in [-0.2, 0) is 0 Å². The Hall–Kier alpha value is -1.32. The molecular weight excluding hydrogens is 238 g/mol. The van der Waals surface area contributed by atoms with Crippen molar-refractivity contribution >= 4 is 28.4 Å². The first-order valence-electron chi connectivity index (χ1n) is 5.47. The molecule has 2 rings (SSSR count). The summed E-state index contributed by atoms with van der Waals surface area (Å²) in [7, 11) is 0. The van der Waals surface area contributed by atoms with Gasteiger partial charge in [0, 0.05) is 10.4 Å². The molecule has 1 aromatic carbocycles. The van der Waals surface area contributed by atoms with Crippen LogP contribution in [0.5, 0.6) is 0 Å². The Labute approximate surface area is 105 Å². The number of fused-ring (bicyclic) bond motifs is 1. The van der Waals surface area contributed by atoms with Crippen molar-refractivity contribution in [2.75, 3.05) is 0 Å². The summed E-state index contributed by atoms with van der Waals surface area (Å²) < 4.78 is 5.48. The van der Waals surface area contributed by atoms with Crippen molar-refractivity contribution in [3.8, 4) is 0 Å². The van der Waals surface area contributed by atoms with Crippen molar-refractivity contribution in [3.05, 3.63) is 35.0 Å². The van der Waals surface area contributed by atoms with Crippen molar-refractivity contribution in [3.63, 3.8) is 0 Å². The van der Waals surface area contributed by atoms with Gasteiger partial charge < -0.3 is 10.2 Å². The van der Waals surface area contributed by atoms with Crippen molar-refractivity contribution < 1.29 is 9.21 Å². The molecule has 0 aliphatic rings. The number of ketones is 1. The zero-order valence-electron chi connectivity index (χ0n) is 9.79. The SMILES string of the molecule is CCC(C)(N)C(=O)c1cc2cc(Cl)ccc2o1. The first-order chi connectivity index (χ1) is 7.94. The maximum atomic E-state index is 12.1. The Kier molecular flexibility index (Phi) is 2.98. The number of furan rings is 1. The molecule has 0 saturated carbocycles. The van der Waals surface area contributed by atoms with Gasteiger partial charge in [-0.1, -0.05) is 18.5 Å². The number of Topliss-reactive ketones (excluding diaryl/α,β-unsaturated/α-hetero) is 1. The van der Waals surface area contributed by atoms with Crippen LogP contribution in [0, 0.1) is 0 Å². The Morgan fingerprint density at radius 1 is 1.47 bits per heavy atom. The van der Waals surface area contributed by atoms with Gasteiger partial charge in [-0.05, 0) is 37.6 Å². The summed E-state index contributed by atoms with van der Waals surface area (Å²) in [6.07, 6.45) is 0.559. The molecule has 0 spiro atoms. The molecule has 0 bridgehead atoms. The Morgan fingerprint density at radius 2 is 2.18 bits per heavy atom. The highest BCUT2D eigenvalue weighted by atomic mass is 35.5. The Balaban J connectivity index is 2.47. The summed E-state index contributed by atoms with van der Waals surface area (Å²) in [5.41, 5.74) is 5.66. The van der Waals surface area contributed by atoms with Crippen LogP contribution in [0.4, 0.5) is 0 Å². The van der Waals surface area contributed by atoms with Gasteiger partial charge in [0.15, 0.2) is 5.76 Å². The quantitative estimate of drug-likeness (QED) is 0.851. The molecule has 4 heteroatoms. The average Bonchev–Trinajstić information content (AvgIpc) is 2.70. The van der Waals surface area contributed by atoms with E-state index in [2.05, 4.69) is 0 Å². The smallest absolute Gasteiger partial charge is 0.217 e. The monoisotopic (exact) mass is 251 g/mol. The van der Waals surface area contributed by atoms with Crippen LogP contribution in [0.2, 0.25) is 5.02 Å². The molecule has 2 aromatic rings. The van der Waals surface area contributed by atoms with E-state index in [4.69, 9.17) is 21.8 Å². The van der Waals surface area contributed by atoms with E-state index in [1.165, 1.54) is 0 Å². The van der Waals surface area contributed by atoms with E-state index in [1.807, 2.05) is 6.92 Å². The number of halogens is 1. The van der Waals surface area contributed by atoms with Gasteiger partial charge >= 0.3 is 0 Å². The maximum absolute atomic E-state index is 12.1. The highest BCUT2D eigenvalue weighted by Crippen LogP contribution is 2.25. The molecule has 0 aliphatic carbocycles. The third kappa shape index (κ3) is 2.21. The lowest BCUT2D eigenvalue weighted by molar-refractivity contribution is 0.0871. The molecule has 0 fully saturated rings. The lowest BCUT2D eigenvalue weighted by Gasteiger charge is -2.18. The van der Waals surface area contributed by atoms with Crippen molar-refractivity contribution in [1.29, 1.82) is 0 Å². The average molecular weight is 252 g/mol. The minimum Gasteiger partial charge on any atom is -0.453 e. The van der Waals surface area contributed by atoms with Crippen molar-refractivity contribution in [1.82, 2.24) is 0 Å². The van der Waals surface area contributed by atoms with Crippen LogP contribution >= 0.6 is 11.6 Å². The highest BCUT2D eigenvalue weighted by molar-refractivity contribution is 6.31. The molecule has 1 aromatic heterocycles. The summed E-state index contributed by atoms with van der Waals surface area (Å²) in [6, 6.07) is 6.92. The number of hydrogen-bond donors (Lipinski definition) is 1. The molecule has 2 N–H and O–H groups in total. The molecule has 1 heterocycles. The van der Waals surface area contributed by atoms with Crippen LogP contribution < -0.4 is 5.73 Å². The van der Waals surface area contributed by atoms with Gasteiger partial charge in [-0.2, -0.15) is 0 Å². The minimum absolute atomic E-state index is 0.188. The standard InChI is InChI=1S/C13H14ClNO2/c1-3-13(2,15)12(16)11-7-8-6-9(14)4-5-10(8)17-11/h4-7H,3,15H2,1-2H3. The second-order valence-corrected chi connectivity index (χ2v) is 4.83. The fraction of sp³-hybridized carbons (Fsp3) is 0.308. The summed E-state index contributed by atoms with van der Waals surface area (Å²) in [6.45, 7) is 3.58. The number of carbonyl (C=O) groups excluding carboxylic acids is 1.